The van der Waals surface area contributed by atoms with Crippen LogP contribution in [0, 0.1) is 5.41 Å². The van der Waals surface area contributed by atoms with Crippen molar-refractivity contribution in [3.8, 4) is 0 Å². The number of carbonyl (C=O) groups is 2. The Morgan fingerprint density at radius 2 is 1.95 bits per heavy atom. The van der Waals surface area contributed by atoms with E-state index >= 15 is 0 Å². The largest absolute Gasteiger partial charge is 0.363 e. The van der Waals surface area contributed by atoms with Gasteiger partial charge in [-0.05, 0) is 12.1 Å². The van der Waals surface area contributed by atoms with Gasteiger partial charge in [-0.3, -0.25) is 15.0 Å². The fourth-order valence-corrected chi connectivity index (χ4v) is 2.14. The summed E-state index contributed by atoms with van der Waals surface area (Å²) in [5.41, 5.74) is 3.76. The van der Waals surface area contributed by atoms with E-state index in [4.69, 9.17) is 0 Å². The second-order valence-corrected chi connectivity index (χ2v) is 5.80. The Labute approximate surface area is 112 Å². The van der Waals surface area contributed by atoms with E-state index in [1.54, 1.807) is 6.07 Å². The molecule has 1 aromatic carbocycles. The maximum Gasteiger partial charge on any atom is 0.276 e. The SMILES string of the molecule is CC(=O)NN1C(=O)c2ccccc2NC1C(C)(C)C. The molecular formula is C14H19N3O2. The van der Waals surface area contributed by atoms with Gasteiger partial charge in [-0.1, -0.05) is 32.9 Å². The lowest BCUT2D eigenvalue weighted by Gasteiger charge is -2.43. The van der Waals surface area contributed by atoms with Gasteiger partial charge in [-0.15, -0.1) is 0 Å². The Kier molecular flexibility index (Phi) is 3.22. The number of amides is 2. The zero-order chi connectivity index (χ0) is 14.2. The predicted molar refractivity (Wildman–Crippen MR) is 73.3 cm³/mol. The quantitative estimate of drug-likeness (QED) is 0.812. The summed E-state index contributed by atoms with van der Waals surface area (Å²) in [5, 5.41) is 4.69. The molecule has 0 aliphatic carbocycles. The van der Waals surface area contributed by atoms with Gasteiger partial charge >= 0.3 is 0 Å². The number of para-hydroxylation sites is 1. The number of benzene rings is 1. The Bertz CT molecular complexity index is 520. The van der Waals surface area contributed by atoms with E-state index in [0.717, 1.165) is 5.69 Å². The number of hydrogen-bond donors (Lipinski definition) is 2. The summed E-state index contributed by atoms with van der Waals surface area (Å²) < 4.78 is 0. The van der Waals surface area contributed by atoms with Gasteiger partial charge in [0.05, 0.1) is 5.56 Å². The van der Waals surface area contributed by atoms with Crippen LogP contribution in [0.2, 0.25) is 0 Å². The van der Waals surface area contributed by atoms with Crippen LogP contribution in [-0.4, -0.2) is 23.0 Å². The van der Waals surface area contributed by atoms with Crippen LogP contribution in [0.4, 0.5) is 5.69 Å². The zero-order valence-electron chi connectivity index (χ0n) is 11.7. The second kappa shape index (κ2) is 4.57. The van der Waals surface area contributed by atoms with E-state index < -0.39 is 0 Å². The van der Waals surface area contributed by atoms with Gasteiger partial charge in [0.25, 0.3) is 5.91 Å². The molecule has 1 unspecified atom stereocenters. The summed E-state index contributed by atoms with van der Waals surface area (Å²) in [4.78, 5) is 23.8. The van der Waals surface area contributed by atoms with Crippen molar-refractivity contribution in [3.05, 3.63) is 29.8 Å². The molecule has 5 heteroatoms. The minimum absolute atomic E-state index is 0.190. The smallest absolute Gasteiger partial charge is 0.276 e. The van der Waals surface area contributed by atoms with Gasteiger partial charge in [0.1, 0.15) is 6.17 Å². The van der Waals surface area contributed by atoms with Crippen LogP contribution in [-0.2, 0) is 4.79 Å². The average Bonchev–Trinajstić information content (AvgIpc) is 2.31. The molecule has 0 spiro atoms. The Hall–Kier alpha value is -2.04. The molecule has 2 N–H and O–H groups in total. The van der Waals surface area contributed by atoms with Crippen LogP contribution in [0.1, 0.15) is 38.1 Å². The molecule has 1 aliphatic rings. The Morgan fingerprint density at radius 1 is 1.32 bits per heavy atom. The van der Waals surface area contributed by atoms with E-state index in [0.29, 0.717) is 5.56 Å². The molecule has 102 valence electrons. The highest BCUT2D eigenvalue weighted by atomic mass is 16.2. The van der Waals surface area contributed by atoms with Gasteiger partial charge < -0.3 is 5.32 Å². The van der Waals surface area contributed by atoms with Gasteiger partial charge in [0.2, 0.25) is 5.91 Å². The average molecular weight is 261 g/mol. The molecule has 0 bridgehead atoms. The van der Waals surface area contributed by atoms with Crippen molar-refractivity contribution < 1.29 is 9.59 Å². The summed E-state index contributed by atoms with van der Waals surface area (Å²) in [6.45, 7) is 7.44. The summed E-state index contributed by atoms with van der Waals surface area (Å²) in [7, 11) is 0. The summed E-state index contributed by atoms with van der Waals surface area (Å²) in [6.07, 6.45) is -0.293. The maximum absolute atomic E-state index is 12.5. The highest BCUT2D eigenvalue weighted by Gasteiger charge is 2.39. The number of nitrogens with one attached hydrogen (secondary N) is 2. The van der Waals surface area contributed by atoms with Gasteiger partial charge in [0, 0.05) is 18.0 Å². The monoisotopic (exact) mass is 261 g/mol. The lowest BCUT2D eigenvalue weighted by atomic mass is 9.89. The van der Waals surface area contributed by atoms with E-state index in [9.17, 15) is 9.59 Å². The van der Waals surface area contributed by atoms with Crippen molar-refractivity contribution in [2.24, 2.45) is 5.41 Å². The lowest BCUT2D eigenvalue weighted by molar-refractivity contribution is -0.124. The van der Waals surface area contributed by atoms with Crippen molar-refractivity contribution in [2.45, 2.75) is 33.9 Å². The number of nitrogens with zero attached hydrogens (tertiary/aromatic N) is 1. The number of hydrogen-bond acceptors (Lipinski definition) is 3. The number of rotatable bonds is 1. The molecule has 1 aromatic rings. The predicted octanol–water partition coefficient (Wildman–Crippen LogP) is 1.98. The first-order chi connectivity index (χ1) is 8.80. The van der Waals surface area contributed by atoms with Crippen molar-refractivity contribution in [3.63, 3.8) is 0 Å². The van der Waals surface area contributed by atoms with Crippen LogP contribution in [0.5, 0.6) is 0 Å². The number of carbonyl (C=O) groups excluding carboxylic acids is 2. The number of fused-ring (bicyclic) bond motifs is 1. The molecule has 0 radical (unpaired) electrons. The first-order valence-electron chi connectivity index (χ1n) is 6.27. The van der Waals surface area contributed by atoms with Crippen molar-refractivity contribution >= 4 is 17.5 Å². The third-order valence-corrected chi connectivity index (χ3v) is 3.02. The maximum atomic E-state index is 12.5. The molecule has 19 heavy (non-hydrogen) atoms. The highest BCUT2D eigenvalue weighted by molar-refractivity contribution is 6.02. The van der Waals surface area contributed by atoms with Gasteiger partial charge in [0.15, 0.2) is 0 Å². The number of anilines is 1. The standard InChI is InChI=1S/C14H19N3O2/c1-9(18)16-17-12(19)10-7-5-6-8-11(10)15-13(17)14(2,3)4/h5-8,13,15H,1-4H3,(H,16,18). The van der Waals surface area contributed by atoms with Crippen molar-refractivity contribution in [2.75, 3.05) is 5.32 Å². The van der Waals surface area contributed by atoms with Crippen LogP contribution in [0.15, 0.2) is 24.3 Å². The minimum atomic E-state index is -0.293. The fraction of sp³-hybridized carbons (Fsp3) is 0.429. The molecule has 0 aromatic heterocycles. The Morgan fingerprint density at radius 3 is 2.53 bits per heavy atom. The van der Waals surface area contributed by atoms with Crippen LogP contribution >= 0.6 is 0 Å². The summed E-state index contributed by atoms with van der Waals surface area (Å²) in [6, 6.07) is 7.31. The highest BCUT2D eigenvalue weighted by Crippen LogP contribution is 2.32. The fourth-order valence-electron chi connectivity index (χ4n) is 2.14. The molecule has 1 atom stereocenters. The van der Waals surface area contributed by atoms with E-state index in [2.05, 4.69) is 10.7 Å². The zero-order valence-corrected chi connectivity index (χ0v) is 11.7. The molecule has 0 saturated carbocycles. The molecular weight excluding hydrogens is 242 g/mol. The molecule has 5 nitrogen and oxygen atoms in total. The molecule has 0 saturated heterocycles. The third-order valence-electron chi connectivity index (χ3n) is 3.02. The van der Waals surface area contributed by atoms with E-state index in [1.165, 1.54) is 11.9 Å². The Balaban J connectivity index is 2.44. The van der Waals surface area contributed by atoms with Crippen LogP contribution < -0.4 is 10.7 Å². The van der Waals surface area contributed by atoms with E-state index in [1.807, 2.05) is 39.0 Å². The lowest BCUT2D eigenvalue weighted by Crippen LogP contribution is -2.61. The van der Waals surface area contributed by atoms with E-state index in [-0.39, 0.29) is 23.4 Å². The third kappa shape index (κ3) is 2.54. The van der Waals surface area contributed by atoms with Gasteiger partial charge in [-0.2, -0.15) is 0 Å². The molecule has 1 aliphatic heterocycles. The molecule has 0 fully saturated rings. The normalized spacial score (nSPS) is 18.6. The minimum Gasteiger partial charge on any atom is -0.363 e. The molecule has 2 rings (SSSR count). The van der Waals surface area contributed by atoms with Crippen LogP contribution in [0.3, 0.4) is 0 Å². The number of hydrazine groups is 1. The first kappa shape index (κ1) is 13.4. The van der Waals surface area contributed by atoms with Crippen LogP contribution in [0.25, 0.3) is 0 Å². The van der Waals surface area contributed by atoms with Gasteiger partial charge in [-0.25, -0.2) is 5.01 Å². The van der Waals surface area contributed by atoms with Crippen molar-refractivity contribution in [1.29, 1.82) is 0 Å². The molecule has 2 amide bonds. The van der Waals surface area contributed by atoms with Crippen molar-refractivity contribution in [1.82, 2.24) is 10.4 Å². The molecule has 1 heterocycles. The summed E-state index contributed by atoms with van der Waals surface area (Å²) in [5.74, 6) is -0.451. The summed E-state index contributed by atoms with van der Waals surface area (Å²) >= 11 is 0. The second-order valence-electron chi connectivity index (χ2n) is 5.80. The topological polar surface area (TPSA) is 61.4 Å². The first-order valence-corrected chi connectivity index (χ1v) is 6.27.